The molecule has 0 aliphatic rings. The van der Waals surface area contributed by atoms with Crippen LogP contribution in [0.15, 0.2) is 182 Å². The van der Waals surface area contributed by atoms with Crippen molar-refractivity contribution >= 4 is 65.6 Å². The maximum atomic E-state index is 2.39. The van der Waals surface area contributed by atoms with Crippen molar-refractivity contribution in [2.45, 2.75) is 12.8 Å². The Hall–Kier alpha value is -5.64. The van der Waals surface area contributed by atoms with Crippen molar-refractivity contribution in [2.75, 3.05) is 9.80 Å². The van der Waals surface area contributed by atoms with Crippen LogP contribution in [0.5, 0.6) is 0 Å². The fourth-order valence-electron chi connectivity index (χ4n) is 6.53. The first-order chi connectivity index (χ1) is 23.2. The van der Waals surface area contributed by atoms with Gasteiger partial charge in [0.1, 0.15) is 0 Å². The molecule has 2 nitrogen and oxygen atoms in total. The van der Waals surface area contributed by atoms with E-state index in [0.29, 0.717) is 0 Å². The lowest BCUT2D eigenvalue weighted by atomic mass is 9.92. The van der Waals surface area contributed by atoms with Crippen LogP contribution in [0.2, 0.25) is 0 Å². The van der Waals surface area contributed by atoms with Crippen LogP contribution >= 0.6 is 11.3 Å². The summed E-state index contributed by atoms with van der Waals surface area (Å²) in [5, 5.41) is 2.61. The monoisotopic (exact) mass is 622 g/mol. The van der Waals surface area contributed by atoms with Gasteiger partial charge in [0.2, 0.25) is 0 Å². The second-order valence-electron chi connectivity index (χ2n) is 11.8. The topological polar surface area (TPSA) is 6.48 Å². The van der Waals surface area contributed by atoms with Crippen molar-refractivity contribution in [1.29, 1.82) is 0 Å². The van der Waals surface area contributed by atoms with Crippen molar-refractivity contribution in [3.63, 3.8) is 0 Å². The minimum absolute atomic E-state index is 0.246. The Balaban J connectivity index is 1.12. The quantitative estimate of drug-likeness (QED) is 0.166. The number of fused-ring (bicyclic) bond motifs is 3. The van der Waals surface area contributed by atoms with Crippen LogP contribution in [-0.2, 0) is 0 Å². The smallest absolute Gasteiger partial charge is 0.0640 e. The van der Waals surface area contributed by atoms with Gasteiger partial charge in [-0.25, -0.2) is 0 Å². The summed E-state index contributed by atoms with van der Waals surface area (Å²) in [5.41, 5.74) is 9.50. The molecule has 0 fully saturated rings. The lowest BCUT2D eigenvalue weighted by Crippen LogP contribution is -2.10. The lowest BCUT2D eigenvalue weighted by Gasteiger charge is -2.27. The second-order valence-corrected chi connectivity index (χ2v) is 12.9. The van der Waals surface area contributed by atoms with Gasteiger partial charge in [-0.15, -0.1) is 11.3 Å². The first-order valence-electron chi connectivity index (χ1n) is 16.1. The number of rotatable bonds is 8. The highest BCUT2D eigenvalue weighted by atomic mass is 32.1. The van der Waals surface area contributed by atoms with Gasteiger partial charge in [0.05, 0.1) is 10.4 Å². The molecule has 226 valence electrons. The highest BCUT2D eigenvalue weighted by Gasteiger charge is 2.19. The van der Waals surface area contributed by atoms with E-state index in [1.165, 1.54) is 37.0 Å². The first kappa shape index (κ1) is 28.8. The van der Waals surface area contributed by atoms with Gasteiger partial charge < -0.3 is 9.80 Å². The summed E-state index contributed by atoms with van der Waals surface area (Å²) in [6.45, 7) is 2.29. The highest BCUT2D eigenvalue weighted by molar-refractivity contribution is 7.26. The standard InChI is InChI=1S/C44H34N2S/c1-32(33-24-28-38(29-25-33)45(35-14-5-2-6-15-35)36-16-7-3-8-17-36)34-26-30-39(31-27-34)46(37-18-9-4-10-19-37)42-22-13-21-41-40-20-11-12-23-43(40)47-44(41)42/h2-32H,1H3. The lowest BCUT2D eigenvalue weighted by molar-refractivity contribution is 0.922. The van der Waals surface area contributed by atoms with Gasteiger partial charge in [0.15, 0.2) is 0 Å². The molecule has 1 aromatic heterocycles. The summed E-state index contributed by atoms with van der Waals surface area (Å²) in [5.74, 6) is 0.246. The SMILES string of the molecule is CC(c1ccc(N(c2ccccc2)c2ccccc2)cc1)c1ccc(N(c2ccccc2)c2cccc3c2sc2ccccc23)cc1. The average Bonchev–Trinajstić information content (AvgIpc) is 3.53. The summed E-state index contributed by atoms with van der Waals surface area (Å²) < 4.78 is 2.61. The molecule has 0 saturated heterocycles. The minimum atomic E-state index is 0.246. The molecule has 1 atom stereocenters. The molecule has 0 aliphatic heterocycles. The van der Waals surface area contributed by atoms with Gasteiger partial charge in [0.25, 0.3) is 0 Å². The van der Waals surface area contributed by atoms with E-state index in [4.69, 9.17) is 0 Å². The molecular formula is C44H34N2S. The Bertz CT molecular complexity index is 2200. The summed E-state index contributed by atoms with van der Waals surface area (Å²) in [7, 11) is 0. The zero-order valence-electron chi connectivity index (χ0n) is 26.2. The minimum Gasteiger partial charge on any atom is -0.311 e. The second kappa shape index (κ2) is 12.6. The number of anilines is 6. The van der Waals surface area contributed by atoms with Crippen molar-refractivity contribution in [1.82, 2.24) is 0 Å². The normalized spacial score (nSPS) is 11.9. The molecule has 0 radical (unpaired) electrons. The molecule has 7 aromatic carbocycles. The zero-order valence-corrected chi connectivity index (χ0v) is 27.0. The van der Waals surface area contributed by atoms with Crippen LogP contribution in [0.1, 0.15) is 24.0 Å². The van der Waals surface area contributed by atoms with Crippen molar-refractivity contribution in [3.05, 3.63) is 193 Å². The van der Waals surface area contributed by atoms with E-state index in [0.717, 1.165) is 28.4 Å². The van der Waals surface area contributed by atoms with Gasteiger partial charge in [-0.3, -0.25) is 0 Å². The molecule has 0 N–H and O–H groups in total. The number of thiophene rings is 1. The van der Waals surface area contributed by atoms with E-state index in [1.807, 2.05) is 11.3 Å². The molecule has 0 saturated carbocycles. The Morgan fingerprint density at radius 1 is 0.383 bits per heavy atom. The Morgan fingerprint density at radius 2 is 0.809 bits per heavy atom. The van der Waals surface area contributed by atoms with Crippen LogP contribution in [0, 0.1) is 0 Å². The summed E-state index contributed by atoms with van der Waals surface area (Å²) >= 11 is 1.87. The van der Waals surface area contributed by atoms with Crippen LogP contribution in [0.3, 0.4) is 0 Å². The number of para-hydroxylation sites is 3. The van der Waals surface area contributed by atoms with Crippen molar-refractivity contribution in [3.8, 4) is 0 Å². The Morgan fingerprint density at radius 3 is 1.36 bits per heavy atom. The Kier molecular flexibility index (Phi) is 7.74. The van der Waals surface area contributed by atoms with Crippen LogP contribution in [-0.4, -0.2) is 0 Å². The van der Waals surface area contributed by atoms with E-state index in [2.05, 4.69) is 199 Å². The van der Waals surface area contributed by atoms with E-state index in [-0.39, 0.29) is 5.92 Å². The molecule has 1 unspecified atom stereocenters. The summed E-state index contributed by atoms with van der Waals surface area (Å²) in [6.07, 6.45) is 0. The third-order valence-corrected chi connectivity index (χ3v) is 10.2. The highest BCUT2D eigenvalue weighted by Crippen LogP contribution is 2.45. The fraction of sp³-hybridized carbons (Fsp3) is 0.0455. The fourth-order valence-corrected chi connectivity index (χ4v) is 7.74. The number of hydrogen-bond acceptors (Lipinski definition) is 3. The van der Waals surface area contributed by atoms with E-state index in [1.54, 1.807) is 0 Å². The van der Waals surface area contributed by atoms with Gasteiger partial charge in [-0.2, -0.15) is 0 Å². The van der Waals surface area contributed by atoms with Gasteiger partial charge >= 0.3 is 0 Å². The molecule has 0 aliphatic carbocycles. The molecule has 0 bridgehead atoms. The van der Waals surface area contributed by atoms with Crippen molar-refractivity contribution < 1.29 is 0 Å². The molecular weight excluding hydrogens is 589 g/mol. The van der Waals surface area contributed by atoms with E-state index in [9.17, 15) is 0 Å². The first-order valence-corrected chi connectivity index (χ1v) is 16.9. The predicted molar refractivity (Wildman–Crippen MR) is 203 cm³/mol. The molecule has 8 rings (SSSR count). The maximum Gasteiger partial charge on any atom is 0.0640 e. The van der Waals surface area contributed by atoms with Crippen molar-refractivity contribution in [2.24, 2.45) is 0 Å². The third kappa shape index (κ3) is 5.56. The van der Waals surface area contributed by atoms with Crippen LogP contribution in [0.25, 0.3) is 20.2 Å². The zero-order chi connectivity index (χ0) is 31.6. The molecule has 3 heteroatoms. The average molecular weight is 623 g/mol. The summed E-state index contributed by atoms with van der Waals surface area (Å²) in [6, 6.07) is 65.3. The van der Waals surface area contributed by atoms with E-state index < -0.39 is 0 Å². The number of nitrogens with zero attached hydrogens (tertiary/aromatic N) is 2. The van der Waals surface area contributed by atoms with Gasteiger partial charge in [-0.1, -0.05) is 116 Å². The van der Waals surface area contributed by atoms with E-state index >= 15 is 0 Å². The molecule has 8 aromatic rings. The summed E-state index contributed by atoms with van der Waals surface area (Å²) in [4.78, 5) is 4.70. The molecule has 0 amide bonds. The largest absolute Gasteiger partial charge is 0.311 e. The Labute approximate surface area is 280 Å². The van der Waals surface area contributed by atoms with Gasteiger partial charge in [-0.05, 0) is 83.9 Å². The number of benzene rings is 7. The third-order valence-electron chi connectivity index (χ3n) is 8.97. The van der Waals surface area contributed by atoms with Gasteiger partial charge in [0, 0.05) is 49.8 Å². The number of hydrogen-bond donors (Lipinski definition) is 0. The van der Waals surface area contributed by atoms with Crippen LogP contribution < -0.4 is 9.80 Å². The molecule has 0 spiro atoms. The van der Waals surface area contributed by atoms with Crippen LogP contribution in [0.4, 0.5) is 34.1 Å². The molecule has 47 heavy (non-hydrogen) atoms. The predicted octanol–water partition coefficient (Wildman–Crippen LogP) is 13.1. The molecule has 1 heterocycles. The maximum absolute atomic E-state index is 2.39.